The Kier molecular flexibility index (Phi) is 7.86. The SMILES string of the molecule is CCCCN(CCCC)C(=O)C=Cc1ccc(C(F)(F)F)cc1. The van der Waals surface area contributed by atoms with Crippen LogP contribution in [-0.4, -0.2) is 23.9 Å². The van der Waals surface area contributed by atoms with Gasteiger partial charge >= 0.3 is 6.18 Å². The minimum atomic E-state index is -4.34. The number of nitrogens with zero attached hydrogens (tertiary/aromatic N) is 1. The highest BCUT2D eigenvalue weighted by Gasteiger charge is 2.29. The largest absolute Gasteiger partial charge is 0.416 e. The third-order valence-electron chi connectivity index (χ3n) is 3.53. The number of alkyl halides is 3. The first-order valence-electron chi connectivity index (χ1n) is 8.02. The molecule has 0 spiro atoms. The highest BCUT2D eigenvalue weighted by molar-refractivity contribution is 5.91. The number of carbonyl (C=O) groups excluding carboxylic acids is 1. The number of unbranched alkanes of at least 4 members (excludes halogenated alkanes) is 2. The van der Waals surface area contributed by atoms with Crippen LogP contribution in [0.3, 0.4) is 0 Å². The lowest BCUT2D eigenvalue weighted by Crippen LogP contribution is -2.31. The second-order valence-corrected chi connectivity index (χ2v) is 5.49. The summed E-state index contributed by atoms with van der Waals surface area (Å²) in [6, 6.07) is 4.79. The molecule has 0 radical (unpaired) electrons. The molecule has 128 valence electrons. The predicted molar refractivity (Wildman–Crippen MR) is 86.9 cm³/mol. The van der Waals surface area contributed by atoms with Gasteiger partial charge in [-0.25, -0.2) is 0 Å². The number of hydrogen-bond acceptors (Lipinski definition) is 1. The molecule has 0 aromatic heterocycles. The van der Waals surface area contributed by atoms with Crippen LogP contribution in [0.4, 0.5) is 13.2 Å². The summed E-state index contributed by atoms with van der Waals surface area (Å²) in [6.07, 6.45) is 2.58. The molecule has 0 aliphatic carbocycles. The molecule has 0 aliphatic heterocycles. The molecule has 1 rings (SSSR count). The predicted octanol–water partition coefficient (Wildman–Crippen LogP) is 5.15. The smallest absolute Gasteiger partial charge is 0.339 e. The van der Waals surface area contributed by atoms with E-state index >= 15 is 0 Å². The zero-order valence-electron chi connectivity index (χ0n) is 13.7. The number of hydrogen-bond donors (Lipinski definition) is 0. The zero-order valence-corrected chi connectivity index (χ0v) is 13.7. The lowest BCUT2D eigenvalue weighted by atomic mass is 10.1. The fourth-order valence-electron chi connectivity index (χ4n) is 2.09. The van der Waals surface area contributed by atoms with E-state index in [2.05, 4.69) is 13.8 Å². The van der Waals surface area contributed by atoms with Gasteiger partial charge in [0.1, 0.15) is 0 Å². The van der Waals surface area contributed by atoms with Crippen LogP contribution in [0, 0.1) is 0 Å². The maximum absolute atomic E-state index is 12.5. The van der Waals surface area contributed by atoms with Crippen LogP contribution in [0.25, 0.3) is 6.08 Å². The Balaban J connectivity index is 2.70. The van der Waals surface area contributed by atoms with Gasteiger partial charge in [-0.3, -0.25) is 4.79 Å². The molecule has 0 bridgehead atoms. The third kappa shape index (κ3) is 6.89. The summed E-state index contributed by atoms with van der Waals surface area (Å²) in [7, 11) is 0. The molecule has 0 atom stereocenters. The molecule has 0 N–H and O–H groups in total. The zero-order chi connectivity index (χ0) is 17.3. The van der Waals surface area contributed by atoms with Gasteiger partial charge in [-0.2, -0.15) is 13.2 Å². The molecule has 5 heteroatoms. The summed E-state index contributed by atoms with van der Waals surface area (Å²) in [6.45, 7) is 5.57. The quantitative estimate of drug-likeness (QED) is 0.605. The van der Waals surface area contributed by atoms with E-state index in [1.165, 1.54) is 18.2 Å². The van der Waals surface area contributed by atoms with Gasteiger partial charge in [-0.1, -0.05) is 38.8 Å². The molecule has 0 saturated heterocycles. The Morgan fingerprint density at radius 3 is 2.00 bits per heavy atom. The van der Waals surface area contributed by atoms with Crippen molar-refractivity contribution in [1.29, 1.82) is 0 Å². The van der Waals surface area contributed by atoms with Gasteiger partial charge < -0.3 is 4.90 Å². The fourth-order valence-corrected chi connectivity index (χ4v) is 2.09. The van der Waals surface area contributed by atoms with Gasteiger partial charge in [-0.15, -0.1) is 0 Å². The van der Waals surface area contributed by atoms with Crippen LogP contribution in [0.15, 0.2) is 30.3 Å². The van der Waals surface area contributed by atoms with Crippen LogP contribution in [0.1, 0.15) is 50.7 Å². The Bertz CT molecular complexity index is 498. The number of halogens is 3. The van der Waals surface area contributed by atoms with Crippen molar-refractivity contribution in [2.24, 2.45) is 0 Å². The average molecular weight is 327 g/mol. The molecule has 1 amide bonds. The topological polar surface area (TPSA) is 20.3 Å². The van der Waals surface area contributed by atoms with E-state index in [4.69, 9.17) is 0 Å². The van der Waals surface area contributed by atoms with Gasteiger partial charge in [0.05, 0.1) is 5.56 Å². The summed E-state index contributed by atoms with van der Waals surface area (Å²) in [4.78, 5) is 14.0. The van der Waals surface area contributed by atoms with Crippen molar-refractivity contribution in [3.05, 3.63) is 41.5 Å². The molecule has 0 aliphatic rings. The Morgan fingerprint density at radius 2 is 1.57 bits per heavy atom. The highest BCUT2D eigenvalue weighted by atomic mass is 19.4. The van der Waals surface area contributed by atoms with Gasteiger partial charge in [0.25, 0.3) is 0 Å². The molecule has 0 fully saturated rings. The lowest BCUT2D eigenvalue weighted by Gasteiger charge is -2.20. The molecule has 0 saturated carbocycles. The van der Waals surface area contributed by atoms with Crippen molar-refractivity contribution < 1.29 is 18.0 Å². The lowest BCUT2D eigenvalue weighted by molar-refractivity contribution is -0.137. The first kappa shape index (κ1) is 19.3. The second kappa shape index (κ2) is 9.38. The molecular formula is C18H24F3NO. The second-order valence-electron chi connectivity index (χ2n) is 5.49. The van der Waals surface area contributed by atoms with E-state index in [0.29, 0.717) is 18.7 Å². The molecule has 0 unspecified atom stereocenters. The van der Waals surface area contributed by atoms with E-state index in [9.17, 15) is 18.0 Å². The van der Waals surface area contributed by atoms with Crippen LogP contribution in [0.2, 0.25) is 0 Å². The average Bonchev–Trinajstić information content (AvgIpc) is 2.52. The third-order valence-corrected chi connectivity index (χ3v) is 3.53. The minimum Gasteiger partial charge on any atom is -0.339 e. The number of benzene rings is 1. The maximum atomic E-state index is 12.5. The van der Waals surface area contributed by atoms with Crippen LogP contribution < -0.4 is 0 Å². The van der Waals surface area contributed by atoms with Crippen LogP contribution >= 0.6 is 0 Å². The molecular weight excluding hydrogens is 303 g/mol. The van der Waals surface area contributed by atoms with Crippen molar-refractivity contribution >= 4 is 12.0 Å². The molecule has 2 nitrogen and oxygen atoms in total. The normalized spacial score (nSPS) is 11.9. The Hall–Kier alpha value is -1.78. The summed E-state index contributed by atoms with van der Waals surface area (Å²) in [5.41, 5.74) is -0.106. The van der Waals surface area contributed by atoms with E-state index < -0.39 is 11.7 Å². The number of amides is 1. The van der Waals surface area contributed by atoms with Crippen LogP contribution in [-0.2, 0) is 11.0 Å². The van der Waals surface area contributed by atoms with Crippen LogP contribution in [0.5, 0.6) is 0 Å². The minimum absolute atomic E-state index is 0.0909. The van der Waals surface area contributed by atoms with E-state index in [-0.39, 0.29) is 5.91 Å². The molecule has 0 heterocycles. The monoisotopic (exact) mass is 327 g/mol. The van der Waals surface area contributed by atoms with Crippen molar-refractivity contribution in [3.8, 4) is 0 Å². The summed E-state index contributed by atoms with van der Waals surface area (Å²) < 4.78 is 37.5. The van der Waals surface area contributed by atoms with Crippen molar-refractivity contribution in [2.75, 3.05) is 13.1 Å². The van der Waals surface area contributed by atoms with Gasteiger partial charge in [-0.05, 0) is 36.6 Å². The van der Waals surface area contributed by atoms with Gasteiger partial charge in [0.15, 0.2) is 0 Å². The summed E-state index contributed by atoms with van der Waals surface area (Å²) >= 11 is 0. The van der Waals surface area contributed by atoms with E-state index in [0.717, 1.165) is 37.8 Å². The van der Waals surface area contributed by atoms with Crippen molar-refractivity contribution in [3.63, 3.8) is 0 Å². The maximum Gasteiger partial charge on any atom is 0.416 e. The standard InChI is InChI=1S/C18H24F3NO/c1-3-5-13-22(14-6-4-2)17(23)12-9-15-7-10-16(11-8-15)18(19,20)21/h7-12H,3-6,13-14H2,1-2H3. The number of rotatable bonds is 8. The van der Waals surface area contributed by atoms with Gasteiger partial charge in [0, 0.05) is 19.2 Å². The fraction of sp³-hybridized carbons (Fsp3) is 0.500. The summed E-state index contributed by atoms with van der Waals surface area (Å²) in [5.74, 6) is -0.0909. The first-order chi connectivity index (χ1) is 10.9. The highest BCUT2D eigenvalue weighted by Crippen LogP contribution is 2.29. The van der Waals surface area contributed by atoms with E-state index in [1.54, 1.807) is 11.0 Å². The molecule has 1 aromatic carbocycles. The summed E-state index contributed by atoms with van der Waals surface area (Å²) in [5, 5.41) is 0. The number of carbonyl (C=O) groups is 1. The van der Waals surface area contributed by atoms with Gasteiger partial charge in [0.2, 0.25) is 5.91 Å². The van der Waals surface area contributed by atoms with Crippen molar-refractivity contribution in [2.45, 2.75) is 45.7 Å². The molecule has 23 heavy (non-hydrogen) atoms. The first-order valence-corrected chi connectivity index (χ1v) is 8.02. The Morgan fingerprint density at radius 1 is 1.04 bits per heavy atom. The van der Waals surface area contributed by atoms with Crippen molar-refractivity contribution in [1.82, 2.24) is 4.90 Å². The Labute approximate surface area is 136 Å². The molecule has 1 aromatic rings. The van der Waals surface area contributed by atoms with E-state index in [1.807, 2.05) is 0 Å².